The molecule has 9 heteroatoms. The first-order valence-corrected chi connectivity index (χ1v) is 15.8. The number of piperidine rings is 1. The highest BCUT2D eigenvalue weighted by atomic mass is 32.1. The minimum Gasteiger partial charge on any atom is -0.393 e. The summed E-state index contributed by atoms with van der Waals surface area (Å²) in [5, 5.41) is 17.4. The second-order valence-corrected chi connectivity index (χ2v) is 13.7. The van der Waals surface area contributed by atoms with Crippen LogP contribution in [-0.4, -0.2) is 61.8 Å². The molecule has 3 aromatic heterocycles. The van der Waals surface area contributed by atoms with Gasteiger partial charge in [0.1, 0.15) is 10.3 Å². The summed E-state index contributed by atoms with van der Waals surface area (Å²) in [4.78, 5) is 25.0. The minimum absolute atomic E-state index is 0.168. The van der Waals surface area contributed by atoms with Crippen molar-refractivity contribution < 1.29 is 9.90 Å². The molecule has 3 aliphatic rings. The highest BCUT2D eigenvalue weighted by molar-refractivity contribution is 7.19. The topological polar surface area (TPSA) is 121 Å². The van der Waals surface area contributed by atoms with Gasteiger partial charge in [-0.1, -0.05) is 42.5 Å². The number of nitrogens with one attached hydrogen (secondary N) is 1. The number of hydrogen-bond acceptors (Lipinski definition) is 7. The monoisotopic (exact) mass is 570 g/mol. The van der Waals surface area contributed by atoms with Crippen LogP contribution in [0.3, 0.4) is 0 Å². The molecule has 4 aromatic rings. The normalized spacial score (nSPS) is 23.4. The number of benzene rings is 1. The predicted molar refractivity (Wildman–Crippen MR) is 161 cm³/mol. The molecular formula is C32H38N6O2S. The van der Waals surface area contributed by atoms with Gasteiger partial charge in [-0.15, -0.1) is 0 Å². The van der Waals surface area contributed by atoms with Crippen molar-refractivity contribution in [3.05, 3.63) is 64.6 Å². The van der Waals surface area contributed by atoms with Crippen LogP contribution in [0.25, 0.3) is 21.5 Å². The summed E-state index contributed by atoms with van der Waals surface area (Å²) < 4.78 is 0. The zero-order valence-corrected chi connectivity index (χ0v) is 24.4. The maximum Gasteiger partial charge on any atom is 0.277 e. The first-order valence-electron chi connectivity index (χ1n) is 15.0. The van der Waals surface area contributed by atoms with E-state index in [0.717, 1.165) is 73.2 Å². The third kappa shape index (κ3) is 5.31. The van der Waals surface area contributed by atoms with Gasteiger partial charge in [-0.05, 0) is 91.5 Å². The van der Waals surface area contributed by atoms with E-state index in [2.05, 4.69) is 57.3 Å². The highest BCUT2D eigenvalue weighted by Gasteiger charge is 2.48. The van der Waals surface area contributed by atoms with Crippen LogP contribution in [-0.2, 0) is 6.42 Å². The molecule has 214 valence electrons. The molecule has 2 unspecified atom stereocenters. The Balaban J connectivity index is 1.28. The third-order valence-electron chi connectivity index (χ3n) is 10.1. The Bertz CT molecular complexity index is 1540. The molecule has 3 atom stereocenters. The number of aliphatic hydroxyl groups excluding tert-OH is 1. The molecule has 4 heterocycles. The fourth-order valence-electron chi connectivity index (χ4n) is 7.16. The van der Waals surface area contributed by atoms with E-state index >= 15 is 0 Å². The number of amides is 1. The van der Waals surface area contributed by atoms with Gasteiger partial charge in [-0.25, -0.2) is 9.97 Å². The lowest BCUT2D eigenvalue weighted by Gasteiger charge is -2.39. The van der Waals surface area contributed by atoms with Crippen LogP contribution in [0.5, 0.6) is 0 Å². The molecule has 1 aromatic carbocycles. The zero-order valence-electron chi connectivity index (χ0n) is 23.6. The van der Waals surface area contributed by atoms with Crippen molar-refractivity contribution in [2.75, 3.05) is 19.6 Å². The Hall–Kier alpha value is -3.14. The number of nitrogens with two attached hydrogens (primary N) is 1. The first kappa shape index (κ1) is 26.7. The number of pyridine rings is 1. The van der Waals surface area contributed by atoms with E-state index in [9.17, 15) is 9.90 Å². The smallest absolute Gasteiger partial charge is 0.277 e. The van der Waals surface area contributed by atoms with Gasteiger partial charge < -0.3 is 15.7 Å². The SMILES string of the molecule is CC1(C2Cc3cc4nc(C(N)=O)sc4nc3C([C@@H](CCN3CCC(O)CC3)c3ccc(-c4cn[nH]c4)cc3)C2)CC1. The number of carbonyl (C=O) groups is 1. The van der Waals surface area contributed by atoms with Gasteiger partial charge in [0.05, 0.1) is 12.3 Å². The molecule has 1 saturated heterocycles. The molecule has 2 aliphatic carbocycles. The van der Waals surface area contributed by atoms with Crippen molar-refractivity contribution in [3.63, 3.8) is 0 Å². The number of aromatic amines is 1. The maximum atomic E-state index is 11.9. The fraction of sp³-hybridized carbons (Fsp3) is 0.500. The lowest BCUT2D eigenvalue weighted by atomic mass is 9.67. The van der Waals surface area contributed by atoms with E-state index in [-0.39, 0.29) is 12.0 Å². The molecule has 0 radical (unpaired) electrons. The molecule has 8 nitrogen and oxygen atoms in total. The second kappa shape index (κ2) is 10.6. The van der Waals surface area contributed by atoms with E-state index in [4.69, 9.17) is 10.7 Å². The van der Waals surface area contributed by atoms with Gasteiger partial charge in [0.25, 0.3) is 5.91 Å². The van der Waals surface area contributed by atoms with Gasteiger partial charge in [0.15, 0.2) is 5.01 Å². The second-order valence-electron chi connectivity index (χ2n) is 12.7. The number of carbonyl (C=O) groups excluding carboxylic acids is 1. The van der Waals surface area contributed by atoms with Crippen LogP contribution in [0.1, 0.15) is 83.9 Å². The molecule has 0 spiro atoms. The van der Waals surface area contributed by atoms with Crippen molar-refractivity contribution in [3.8, 4) is 11.1 Å². The van der Waals surface area contributed by atoms with Crippen molar-refractivity contribution in [2.24, 2.45) is 17.1 Å². The van der Waals surface area contributed by atoms with Crippen molar-refractivity contribution in [1.29, 1.82) is 0 Å². The number of likely N-dealkylation sites (tertiary alicyclic amines) is 1. The van der Waals surface area contributed by atoms with Crippen LogP contribution < -0.4 is 5.73 Å². The van der Waals surface area contributed by atoms with E-state index < -0.39 is 5.91 Å². The lowest BCUT2D eigenvalue weighted by Crippen LogP contribution is -2.37. The molecule has 1 aliphatic heterocycles. The number of thiazole rings is 1. The van der Waals surface area contributed by atoms with Crippen LogP contribution >= 0.6 is 11.3 Å². The number of hydrogen-bond donors (Lipinski definition) is 3. The van der Waals surface area contributed by atoms with Gasteiger partial charge in [-0.3, -0.25) is 9.89 Å². The Morgan fingerprint density at radius 3 is 2.66 bits per heavy atom. The summed E-state index contributed by atoms with van der Waals surface area (Å²) >= 11 is 1.31. The largest absolute Gasteiger partial charge is 0.393 e. The molecule has 0 bridgehead atoms. The lowest BCUT2D eigenvalue weighted by molar-refractivity contribution is 0.0802. The number of H-pyrrole nitrogens is 1. The molecule has 1 saturated carbocycles. The summed E-state index contributed by atoms with van der Waals surface area (Å²) in [7, 11) is 0. The van der Waals surface area contributed by atoms with E-state index in [1.165, 1.54) is 41.0 Å². The average Bonchev–Trinajstić information content (AvgIpc) is 3.35. The van der Waals surface area contributed by atoms with Crippen LogP contribution in [0.4, 0.5) is 0 Å². The number of aliphatic hydroxyl groups is 1. The molecule has 7 rings (SSSR count). The first-order chi connectivity index (χ1) is 19.9. The number of nitrogens with zero attached hydrogens (tertiary/aromatic N) is 4. The Morgan fingerprint density at radius 1 is 1.20 bits per heavy atom. The fourth-order valence-corrected chi connectivity index (χ4v) is 7.94. The number of rotatable bonds is 8. The Kier molecular flexibility index (Phi) is 6.92. The Labute approximate surface area is 244 Å². The quantitative estimate of drug-likeness (QED) is 0.266. The average molecular weight is 571 g/mol. The van der Waals surface area contributed by atoms with Gasteiger partial charge in [0.2, 0.25) is 0 Å². The zero-order chi connectivity index (χ0) is 28.1. The standard InChI is InChI=1S/C32H38N6O2S/c1-32(9-10-32)23-14-21-15-27-30(41-31(36-27)29(33)40)37-28(21)26(16-23)25(8-13-38-11-6-24(39)7-12-38)20-4-2-19(3-5-20)22-17-34-35-18-22/h2-5,15,17-18,23-26,39H,6-14,16H2,1H3,(H2,33,40)(H,34,35)/t23?,25-,26?/m0/s1. The molecule has 2 fully saturated rings. The summed E-state index contributed by atoms with van der Waals surface area (Å²) in [5.41, 5.74) is 12.8. The Morgan fingerprint density at radius 2 is 1.98 bits per heavy atom. The van der Waals surface area contributed by atoms with Crippen molar-refractivity contribution in [2.45, 2.75) is 69.8 Å². The van der Waals surface area contributed by atoms with E-state index in [1.807, 2.05) is 12.4 Å². The molecule has 41 heavy (non-hydrogen) atoms. The number of aromatic nitrogens is 4. The van der Waals surface area contributed by atoms with Crippen molar-refractivity contribution in [1.82, 2.24) is 25.1 Å². The maximum absolute atomic E-state index is 11.9. The van der Waals surface area contributed by atoms with Crippen LogP contribution in [0.15, 0.2) is 42.7 Å². The summed E-state index contributed by atoms with van der Waals surface area (Å²) in [6.45, 7) is 5.35. The molecular weight excluding hydrogens is 532 g/mol. The van der Waals surface area contributed by atoms with Gasteiger partial charge in [-0.2, -0.15) is 5.10 Å². The van der Waals surface area contributed by atoms with E-state index in [0.29, 0.717) is 22.3 Å². The van der Waals surface area contributed by atoms with Crippen LogP contribution in [0, 0.1) is 11.3 Å². The third-order valence-corrected chi connectivity index (χ3v) is 11.0. The summed E-state index contributed by atoms with van der Waals surface area (Å²) in [6, 6.07) is 11.2. The van der Waals surface area contributed by atoms with E-state index in [1.54, 1.807) is 0 Å². The number of primary amides is 1. The van der Waals surface area contributed by atoms with Gasteiger partial charge >= 0.3 is 0 Å². The predicted octanol–water partition coefficient (Wildman–Crippen LogP) is 5.26. The summed E-state index contributed by atoms with van der Waals surface area (Å²) in [5.74, 6) is 0.692. The molecule has 4 N–H and O–H groups in total. The van der Waals surface area contributed by atoms with Gasteiger partial charge in [0, 0.05) is 36.5 Å². The van der Waals surface area contributed by atoms with Crippen LogP contribution in [0.2, 0.25) is 0 Å². The minimum atomic E-state index is -0.492. The number of fused-ring (bicyclic) bond motifs is 2. The summed E-state index contributed by atoms with van der Waals surface area (Å²) in [6.07, 6.45) is 11.1. The molecule has 1 amide bonds. The highest BCUT2D eigenvalue weighted by Crippen LogP contribution is 2.59. The van der Waals surface area contributed by atoms with Crippen molar-refractivity contribution >= 4 is 27.6 Å².